The van der Waals surface area contributed by atoms with Crippen LogP contribution in [0.2, 0.25) is 0 Å². The Balaban J connectivity index is 1.93. The Morgan fingerprint density at radius 2 is 2.44 bits per heavy atom. The molecule has 0 spiro atoms. The Morgan fingerprint density at radius 1 is 1.61 bits per heavy atom. The van der Waals surface area contributed by atoms with Gasteiger partial charge in [0.2, 0.25) is 0 Å². The normalized spacial score (nSPS) is 19.9. The van der Waals surface area contributed by atoms with Crippen LogP contribution in [0.3, 0.4) is 0 Å². The van der Waals surface area contributed by atoms with Gasteiger partial charge in [-0.05, 0) is 38.1 Å². The lowest BCUT2D eigenvalue weighted by atomic mass is 10.2. The summed E-state index contributed by atoms with van der Waals surface area (Å²) in [6, 6.07) is 3.60. The number of hydrogen-bond acceptors (Lipinski definition) is 3. The van der Waals surface area contributed by atoms with Crippen LogP contribution in [0.4, 0.5) is 0 Å². The smallest absolute Gasteiger partial charge is 0.260 e. The predicted molar refractivity (Wildman–Crippen MR) is 69.7 cm³/mol. The number of likely N-dealkylation sites (tertiary alicyclic amines) is 1. The van der Waals surface area contributed by atoms with E-state index in [1.54, 1.807) is 12.1 Å². The van der Waals surface area contributed by atoms with Gasteiger partial charge in [0.15, 0.2) is 0 Å². The van der Waals surface area contributed by atoms with Gasteiger partial charge in [0, 0.05) is 18.8 Å². The maximum atomic E-state index is 11.9. The molecule has 1 aromatic rings. The predicted octanol–water partition coefficient (Wildman–Crippen LogP) is 0.589. The fraction of sp³-hybridized carbons (Fsp3) is 0.538. The van der Waals surface area contributed by atoms with Crippen molar-refractivity contribution in [3.8, 4) is 0 Å². The van der Waals surface area contributed by atoms with E-state index in [0.717, 1.165) is 19.5 Å². The third-order valence-corrected chi connectivity index (χ3v) is 3.47. The summed E-state index contributed by atoms with van der Waals surface area (Å²) < 4.78 is 0. The zero-order valence-corrected chi connectivity index (χ0v) is 10.6. The highest BCUT2D eigenvalue weighted by atomic mass is 16.2. The first kappa shape index (κ1) is 12.8. The van der Waals surface area contributed by atoms with Gasteiger partial charge in [-0.2, -0.15) is 0 Å². The van der Waals surface area contributed by atoms with E-state index < -0.39 is 0 Å². The summed E-state index contributed by atoms with van der Waals surface area (Å²) >= 11 is 0. The van der Waals surface area contributed by atoms with Crippen molar-refractivity contribution in [3.05, 3.63) is 34.2 Å². The molecule has 5 nitrogen and oxygen atoms in total. The number of nitrogens with one attached hydrogen (secondary N) is 2. The van der Waals surface area contributed by atoms with E-state index in [1.165, 1.54) is 12.6 Å². The van der Waals surface area contributed by atoms with E-state index >= 15 is 0 Å². The van der Waals surface area contributed by atoms with Crippen molar-refractivity contribution in [2.24, 2.45) is 0 Å². The summed E-state index contributed by atoms with van der Waals surface area (Å²) in [6.45, 7) is 4.85. The Labute approximate surface area is 106 Å². The van der Waals surface area contributed by atoms with E-state index in [2.05, 4.69) is 22.1 Å². The molecular weight excluding hydrogens is 230 g/mol. The SMILES string of the molecule is CCN1CCC[C@H]1CNC(=O)c1ccc[nH]c1=O. The molecule has 98 valence electrons. The van der Waals surface area contributed by atoms with Crippen LogP contribution in [-0.4, -0.2) is 41.5 Å². The molecule has 0 aliphatic carbocycles. The maximum Gasteiger partial charge on any atom is 0.260 e. The molecule has 1 aliphatic heterocycles. The van der Waals surface area contributed by atoms with Gasteiger partial charge in [0.1, 0.15) is 5.56 Å². The Kier molecular flexibility index (Phi) is 4.15. The summed E-state index contributed by atoms with van der Waals surface area (Å²) in [5, 5.41) is 2.85. The molecule has 1 amide bonds. The van der Waals surface area contributed by atoms with Crippen LogP contribution >= 0.6 is 0 Å². The van der Waals surface area contributed by atoms with Crippen molar-refractivity contribution in [1.82, 2.24) is 15.2 Å². The fourth-order valence-electron chi connectivity index (χ4n) is 2.45. The molecular formula is C13H19N3O2. The van der Waals surface area contributed by atoms with Crippen molar-refractivity contribution in [3.63, 3.8) is 0 Å². The molecule has 1 fully saturated rings. The highest BCUT2D eigenvalue weighted by molar-refractivity contribution is 5.93. The quantitative estimate of drug-likeness (QED) is 0.820. The van der Waals surface area contributed by atoms with Crippen molar-refractivity contribution in [2.45, 2.75) is 25.8 Å². The number of nitrogens with zero attached hydrogens (tertiary/aromatic N) is 1. The second kappa shape index (κ2) is 5.82. The number of carbonyl (C=O) groups excluding carboxylic acids is 1. The second-order valence-corrected chi connectivity index (χ2v) is 4.55. The number of pyridine rings is 1. The molecule has 1 atom stereocenters. The van der Waals surface area contributed by atoms with E-state index in [1.807, 2.05) is 0 Å². The van der Waals surface area contributed by atoms with Crippen LogP contribution in [0.25, 0.3) is 0 Å². The molecule has 2 rings (SSSR count). The standard InChI is InChI=1S/C13H19N3O2/c1-2-16-8-4-5-10(16)9-15-13(18)11-6-3-7-14-12(11)17/h3,6-7,10H,2,4-5,8-9H2,1H3,(H,14,17)(H,15,18)/t10-/m0/s1. The highest BCUT2D eigenvalue weighted by Gasteiger charge is 2.23. The van der Waals surface area contributed by atoms with Crippen LogP contribution in [0.15, 0.2) is 23.1 Å². The van der Waals surface area contributed by atoms with Crippen LogP contribution in [0.1, 0.15) is 30.1 Å². The summed E-state index contributed by atoms with van der Waals surface area (Å²) in [5.41, 5.74) is -0.160. The lowest BCUT2D eigenvalue weighted by Gasteiger charge is -2.22. The number of H-pyrrole nitrogens is 1. The number of amides is 1. The minimum Gasteiger partial charge on any atom is -0.350 e. The fourth-order valence-corrected chi connectivity index (χ4v) is 2.45. The minimum absolute atomic E-state index is 0.179. The summed E-state index contributed by atoms with van der Waals surface area (Å²) in [4.78, 5) is 28.2. The topological polar surface area (TPSA) is 65.2 Å². The van der Waals surface area contributed by atoms with Crippen molar-refractivity contribution in [2.75, 3.05) is 19.6 Å². The third kappa shape index (κ3) is 2.79. The Morgan fingerprint density at radius 3 is 3.17 bits per heavy atom. The summed E-state index contributed by atoms with van der Waals surface area (Å²) in [7, 11) is 0. The van der Waals surface area contributed by atoms with E-state index in [4.69, 9.17) is 0 Å². The third-order valence-electron chi connectivity index (χ3n) is 3.47. The minimum atomic E-state index is -0.339. The number of aromatic amines is 1. The van der Waals surface area contributed by atoms with Gasteiger partial charge >= 0.3 is 0 Å². The average Bonchev–Trinajstić information content (AvgIpc) is 2.84. The average molecular weight is 249 g/mol. The van der Waals surface area contributed by atoms with Gasteiger partial charge in [-0.1, -0.05) is 6.92 Å². The number of hydrogen-bond donors (Lipinski definition) is 2. The number of carbonyl (C=O) groups is 1. The van der Waals surface area contributed by atoms with Gasteiger partial charge < -0.3 is 10.3 Å². The Hall–Kier alpha value is -1.62. The first-order valence-corrected chi connectivity index (χ1v) is 6.42. The number of aromatic nitrogens is 1. The zero-order chi connectivity index (χ0) is 13.0. The highest BCUT2D eigenvalue weighted by Crippen LogP contribution is 2.15. The van der Waals surface area contributed by atoms with E-state index in [9.17, 15) is 9.59 Å². The van der Waals surface area contributed by atoms with Gasteiger partial charge in [0.25, 0.3) is 11.5 Å². The van der Waals surface area contributed by atoms with Crippen LogP contribution in [0, 0.1) is 0 Å². The largest absolute Gasteiger partial charge is 0.350 e. The lowest BCUT2D eigenvalue weighted by molar-refractivity contribution is 0.0940. The summed E-state index contributed by atoms with van der Waals surface area (Å²) in [5.74, 6) is -0.292. The monoisotopic (exact) mass is 249 g/mol. The van der Waals surface area contributed by atoms with Gasteiger partial charge in [-0.3, -0.25) is 14.5 Å². The van der Waals surface area contributed by atoms with Gasteiger partial charge in [-0.15, -0.1) is 0 Å². The van der Waals surface area contributed by atoms with Crippen molar-refractivity contribution < 1.29 is 4.79 Å². The van der Waals surface area contributed by atoms with Crippen molar-refractivity contribution >= 4 is 5.91 Å². The molecule has 1 saturated heterocycles. The molecule has 2 heterocycles. The van der Waals surface area contributed by atoms with Crippen LogP contribution in [-0.2, 0) is 0 Å². The molecule has 0 unspecified atom stereocenters. The first-order valence-electron chi connectivity index (χ1n) is 6.42. The molecule has 1 aliphatic rings. The van der Waals surface area contributed by atoms with Gasteiger partial charge in [0.05, 0.1) is 0 Å². The molecule has 0 bridgehead atoms. The Bertz CT molecular complexity index is 469. The molecule has 1 aromatic heterocycles. The number of likely N-dealkylation sites (N-methyl/N-ethyl adjacent to an activating group) is 1. The van der Waals surface area contributed by atoms with Gasteiger partial charge in [-0.25, -0.2) is 0 Å². The summed E-state index contributed by atoms with van der Waals surface area (Å²) in [6.07, 6.45) is 3.81. The van der Waals surface area contributed by atoms with E-state index in [-0.39, 0.29) is 17.0 Å². The molecule has 5 heteroatoms. The van der Waals surface area contributed by atoms with Crippen molar-refractivity contribution in [1.29, 1.82) is 0 Å². The maximum absolute atomic E-state index is 11.9. The lowest BCUT2D eigenvalue weighted by Crippen LogP contribution is -2.41. The van der Waals surface area contributed by atoms with E-state index in [0.29, 0.717) is 12.6 Å². The molecule has 2 N–H and O–H groups in total. The van der Waals surface area contributed by atoms with Crippen LogP contribution < -0.4 is 10.9 Å². The molecule has 0 radical (unpaired) electrons. The zero-order valence-electron chi connectivity index (χ0n) is 10.6. The molecule has 0 saturated carbocycles. The van der Waals surface area contributed by atoms with Crippen LogP contribution in [0.5, 0.6) is 0 Å². The molecule has 0 aromatic carbocycles. The first-order chi connectivity index (χ1) is 8.72. The number of rotatable bonds is 4. The second-order valence-electron chi connectivity index (χ2n) is 4.55. The molecule has 18 heavy (non-hydrogen) atoms.